The predicted octanol–water partition coefficient (Wildman–Crippen LogP) is 10.2. The molecular formula is C33H45O3P. The standard InChI is InChI=1S/C33H45O3P/c1-31(2,3)22-25-16-10-13-19-28(25)34-37(35-29-20-14-11-17-26(29)23-32(4,5)6)36-30-21-15-12-18-27(30)24-33(7,8)9/h10-21H,22-24H2,1-9H3. The van der Waals surface area contributed by atoms with E-state index in [1.165, 1.54) is 0 Å². The number of hydrogen-bond acceptors (Lipinski definition) is 3. The molecule has 0 N–H and O–H groups in total. The third-order valence-corrected chi connectivity index (χ3v) is 6.64. The van der Waals surface area contributed by atoms with Gasteiger partial charge in [0.2, 0.25) is 0 Å². The van der Waals surface area contributed by atoms with E-state index >= 15 is 0 Å². The average molecular weight is 521 g/mol. The summed E-state index contributed by atoms with van der Waals surface area (Å²) in [6.07, 6.45) is 2.69. The van der Waals surface area contributed by atoms with E-state index in [0.29, 0.717) is 0 Å². The largest absolute Gasteiger partial charge is 0.530 e. The molecule has 0 atom stereocenters. The van der Waals surface area contributed by atoms with Gasteiger partial charge in [0.05, 0.1) is 0 Å². The molecule has 0 unspecified atom stereocenters. The first-order valence-corrected chi connectivity index (χ1v) is 14.4. The SMILES string of the molecule is CC(C)(C)Cc1ccccc1OP(Oc1ccccc1CC(C)(C)C)Oc1ccccc1CC(C)(C)C. The van der Waals surface area contributed by atoms with E-state index in [1.807, 2.05) is 36.4 Å². The van der Waals surface area contributed by atoms with Crippen molar-refractivity contribution in [1.29, 1.82) is 0 Å². The van der Waals surface area contributed by atoms with E-state index in [1.54, 1.807) is 0 Å². The summed E-state index contributed by atoms with van der Waals surface area (Å²) in [7, 11) is -1.76. The first-order valence-electron chi connectivity index (χ1n) is 13.3. The van der Waals surface area contributed by atoms with Crippen molar-refractivity contribution in [3.63, 3.8) is 0 Å². The Morgan fingerprint density at radius 1 is 0.432 bits per heavy atom. The van der Waals surface area contributed by atoms with Crippen LogP contribution in [0.3, 0.4) is 0 Å². The lowest BCUT2D eigenvalue weighted by molar-refractivity contribution is 0.361. The Balaban J connectivity index is 1.98. The van der Waals surface area contributed by atoms with Crippen LogP contribution in [0.2, 0.25) is 0 Å². The van der Waals surface area contributed by atoms with E-state index in [9.17, 15) is 0 Å². The van der Waals surface area contributed by atoms with Crippen molar-refractivity contribution in [2.24, 2.45) is 16.2 Å². The van der Waals surface area contributed by atoms with Gasteiger partial charge in [0.25, 0.3) is 0 Å². The van der Waals surface area contributed by atoms with Gasteiger partial charge in [-0.05, 0) is 70.4 Å². The molecule has 0 radical (unpaired) electrons. The summed E-state index contributed by atoms with van der Waals surface area (Å²) in [4.78, 5) is 0. The highest BCUT2D eigenvalue weighted by Gasteiger charge is 2.26. The van der Waals surface area contributed by atoms with Crippen LogP contribution in [0.4, 0.5) is 0 Å². The lowest BCUT2D eigenvalue weighted by Gasteiger charge is -2.26. The van der Waals surface area contributed by atoms with Gasteiger partial charge in [-0.3, -0.25) is 0 Å². The predicted molar refractivity (Wildman–Crippen MR) is 158 cm³/mol. The van der Waals surface area contributed by atoms with Crippen LogP contribution in [0.5, 0.6) is 17.2 Å². The van der Waals surface area contributed by atoms with E-state index in [0.717, 1.165) is 53.2 Å². The highest BCUT2D eigenvalue weighted by Crippen LogP contribution is 2.46. The molecule has 4 heteroatoms. The van der Waals surface area contributed by atoms with E-state index in [4.69, 9.17) is 13.6 Å². The minimum Gasteiger partial charge on any atom is -0.408 e. The van der Waals surface area contributed by atoms with Gasteiger partial charge in [-0.25, -0.2) is 0 Å². The van der Waals surface area contributed by atoms with Gasteiger partial charge in [0.15, 0.2) is 0 Å². The molecule has 0 spiro atoms. The highest BCUT2D eigenvalue weighted by molar-refractivity contribution is 7.43. The Kier molecular flexibility index (Phi) is 9.35. The van der Waals surface area contributed by atoms with Gasteiger partial charge in [-0.15, -0.1) is 0 Å². The number of benzene rings is 3. The van der Waals surface area contributed by atoms with Crippen LogP contribution in [0, 0.1) is 16.2 Å². The number of hydrogen-bond donors (Lipinski definition) is 0. The molecular weight excluding hydrogens is 475 g/mol. The normalized spacial score (nSPS) is 12.5. The molecule has 0 heterocycles. The molecule has 0 aromatic heterocycles. The molecule has 0 saturated carbocycles. The van der Waals surface area contributed by atoms with Crippen LogP contribution >= 0.6 is 8.60 Å². The maximum absolute atomic E-state index is 6.59. The summed E-state index contributed by atoms with van der Waals surface area (Å²) in [5, 5.41) is 0. The molecule has 0 fully saturated rings. The monoisotopic (exact) mass is 520 g/mol. The quantitative estimate of drug-likeness (QED) is 0.263. The Morgan fingerprint density at radius 2 is 0.676 bits per heavy atom. The Bertz CT molecular complexity index is 1000. The lowest BCUT2D eigenvalue weighted by Crippen LogP contribution is -2.13. The average Bonchev–Trinajstić information content (AvgIpc) is 2.75. The molecule has 3 aromatic rings. The van der Waals surface area contributed by atoms with Crippen LogP contribution in [0.15, 0.2) is 72.8 Å². The molecule has 37 heavy (non-hydrogen) atoms. The minimum absolute atomic E-state index is 0.128. The van der Waals surface area contributed by atoms with Crippen molar-refractivity contribution in [3.05, 3.63) is 89.5 Å². The maximum atomic E-state index is 6.59. The minimum atomic E-state index is -1.76. The van der Waals surface area contributed by atoms with Crippen molar-refractivity contribution in [3.8, 4) is 17.2 Å². The molecule has 0 bridgehead atoms. The third kappa shape index (κ3) is 10.0. The Hall–Kier alpha value is -2.51. The maximum Gasteiger partial charge on any atom is 0.530 e. The molecule has 3 nitrogen and oxygen atoms in total. The van der Waals surface area contributed by atoms with Crippen molar-refractivity contribution in [2.45, 2.75) is 81.6 Å². The van der Waals surface area contributed by atoms with Gasteiger partial charge in [-0.1, -0.05) is 117 Å². The number of para-hydroxylation sites is 3. The van der Waals surface area contributed by atoms with Crippen molar-refractivity contribution in [2.75, 3.05) is 0 Å². The smallest absolute Gasteiger partial charge is 0.408 e. The first kappa shape index (κ1) is 29.1. The van der Waals surface area contributed by atoms with Gasteiger partial charge >= 0.3 is 8.60 Å². The first-order chi connectivity index (χ1) is 17.2. The van der Waals surface area contributed by atoms with Crippen LogP contribution in [0.1, 0.15) is 79.0 Å². The van der Waals surface area contributed by atoms with E-state index in [2.05, 4.69) is 98.7 Å². The summed E-state index contributed by atoms with van der Waals surface area (Å²) in [5.41, 5.74) is 3.84. The van der Waals surface area contributed by atoms with E-state index < -0.39 is 8.60 Å². The second kappa shape index (κ2) is 11.9. The zero-order valence-electron chi connectivity index (χ0n) is 24.2. The summed E-state index contributed by atoms with van der Waals surface area (Å²) >= 11 is 0. The summed E-state index contributed by atoms with van der Waals surface area (Å²) in [6.45, 7) is 20.2. The fourth-order valence-corrected chi connectivity index (χ4v) is 5.36. The Labute approximate surface area is 226 Å². The van der Waals surface area contributed by atoms with Gasteiger partial charge in [0, 0.05) is 0 Å². The van der Waals surface area contributed by atoms with Crippen LogP contribution in [-0.4, -0.2) is 0 Å². The third-order valence-electron chi connectivity index (χ3n) is 5.60. The van der Waals surface area contributed by atoms with Crippen LogP contribution in [0.25, 0.3) is 0 Å². The van der Waals surface area contributed by atoms with Crippen molar-refractivity contribution in [1.82, 2.24) is 0 Å². The van der Waals surface area contributed by atoms with Gasteiger partial charge in [-0.2, -0.15) is 0 Å². The van der Waals surface area contributed by atoms with Crippen LogP contribution < -0.4 is 13.6 Å². The molecule has 0 aliphatic carbocycles. The number of rotatable bonds is 9. The Morgan fingerprint density at radius 3 is 0.919 bits per heavy atom. The van der Waals surface area contributed by atoms with Crippen LogP contribution in [-0.2, 0) is 19.3 Å². The lowest BCUT2D eigenvalue weighted by atomic mass is 9.88. The van der Waals surface area contributed by atoms with Crippen molar-refractivity contribution >= 4 is 8.60 Å². The van der Waals surface area contributed by atoms with Gasteiger partial charge in [0.1, 0.15) is 17.2 Å². The molecule has 0 amide bonds. The topological polar surface area (TPSA) is 27.7 Å². The summed E-state index contributed by atoms with van der Waals surface area (Å²) < 4.78 is 19.8. The molecule has 0 aliphatic heterocycles. The zero-order chi connectivity index (χ0) is 27.3. The zero-order valence-corrected chi connectivity index (χ0v) is 25.1. The second-order valence-corrected chi connectivity index (χ2v) is 14.5. The molecule has 0 saturated heterocycles. The second-order valence-electron chi connectivity index (χ2n) is 13.5. The summed E-state index contributed by atoms with van der Waals surface area (Å²) in [6, 6.07) is 24.7. The van der Waals surface area contributed by atoms with Crippen molar-refractivity contribution < 1.29 is 13.6 Å². The van der Waals surface area contributed by atoms with E-state index in [-0.39, 0.29) is 16.2 Å². The summed E-state index contributed by atoms with van der Waals surface area (Å²) in [5.74, 6) is 2.43. The van der Waals surface area contributed by atoms with Gasteiger partial charge < -0.3 is 13.6 Å². The molecule has 3 aromatic carbocycles. The molecule has 200 valence electrons. The fraction of sp³-hybridized carbons (Fsp3) is 0.455. The molecule has 0 aliphatic rings. The molecule has 3 rings (SSSR count). The fourth-order valence-electron chi connectivity index (χ4n) is 4.23. The highest BCUT2D eigenvalue weighted by atomic mass is 31.2.